The molecule has 0 aliphatic carbocycles. The highest BCUT2D eigenvalue weighted by Crippen LogP contribution is 2.20. The third kappa shape index (κ3) is 3.40. The number of nitrogens with zero attached hydrogens (tertiary/aromatic N) is 5. The van der Waals surface area contributed by atoms with E-state index in [1.54, 1.807) is 17.0 Å². The Kier molecular flexibility index (Phi) is 4.57. The fourth-order valence-electron chi connectivity index (χ4n) is 3.53. The molecule has 0 radical (unpaired) electrons. The summed E-state index contributed by atoms with van der Waals surface area (Å²) in [6.45, 7) is 0. The molecule has 0 atom stereocenters. The molecule has 0 saturated carbocycles. The van der Waals surface area contributed by atoms with Crippen LogP contribution in [0.15, 0.2) is 71.8 Å². The fourth-order valence-corrected chi connectivity index (χ4v) is 4.05. The Hall–Kier alpha value is -3.45. The molecular formula is C22H17N5OS. The second-order valence-corrected chi connectivity index (χ2v) is 7.37. The van der Waals surface area contributed by atoms with Gasteiger partial charge in [-0.1, -0.05) is 6.07 Å². The number of rotatable bonds is 5. The van der Waals surface area contributed by atoms with Gasteiger partial charge in [0.15, 0.2) is 0 Å². The van der Waals surface area contributed by atoms with Gasteiger partial charge in [-0.25, -0.2) is 4.98 Å². The normalized spacial score (nSPS) is 11.3. The molecule has 0 fully saturated rings. The Bertz CT molecular complexity index is 1360. The average Bonchev–Trinajstić information content (AvgIpc) is 3.23. The molecule has 5 rings (SSSR count). The van der Waals surface area contributed by atoms with Crippen molar-refractivity contribution in [1.82, 2.24) is 23.3 Å². The number of pyridine rings is 3. The zero-order chi connectivity index (χ0) is 19.6. The van der Waals surface area contributed by atoms with Crippen molar-refractivity contribution in [2.24, 2.45) is 0 Å². The summed E-state index contributed by atoms with van der Waals surface area (Å²) in [5.74, 6) is 0. The minimum absolute atomic E-state index is 0.0419. The summed E-state index contributed by atoms with van der Waals surface area (Å²) in [7, 11) is 0. The highest BCUT2D eigenvalue weighted by molar-refractivity contribution is 7.00. The number of hydrogen-bond acceptors (Lipinski definition) is 6. The van der Waals surface area contributed by atoms with Gasteiger partial charge in [-0.2, -0.15) is 8.75 Å². The standard InChI is InChI=1S/C22H17N5OS/c28-22-16(5-3-8-17-7-1-2-11-23-17)13-15-6-4-12-24-21(15)27(22)18-9-10-19-20(14-18)26-29-25-19/h1-2,4,6-7,9-14H,3,5,8H2. The average molecular weight is 399 g/mol. The predicted octanol–water partition coefficient (Wildman–Crippen LogP) is 3.96. The van der Waals surface area contributed by atoms with E-state index in [0.717, 1.165) is 46.2 Å². The minimum atomic E-state index is -0.0419. The molecule has 1 aromatic carbocycles. The molecule has 0 amide bonds. The minimum Gasteiger partial charge on any atom is -0.269 e. The van der Waals surface area contributed by atoms with E-state index in [1.807, 2.05) is 54.6 Å². The van der Waals surface area contributed by atoms with E-state index >= 15 is 0 Å². The van der Waals surface area contributed by atoms with Crippen LogP contribution in [0.1, 0.15) is 17.7 Å². The monoisotopic (exact) mass is 399 g/mol. The number of aryl methyl sites for hydroxylation is 2. The fraction of sp³-hybridized carbons (Fsp3) is 0.136. The molecule has 7 heteroatoms. The summed E-state index contributed by atoms with van der Waals surface area (Å²) in [4.78, 5) is 22.2. The van der Waals surface area contributed by atoms with Crippen molar-refractivity contribution in [1.29, 1.82) is 0 Å². The van der Waals surface area contributed by atoms with Gasteiger partial charge in [-0.15, -0.1) is 0 Å². The SMILES string of the molecule is O=c1c(CCCc2ccccn2)cc2cccnc2n1-c1ccc2nsnc2c1. The summed E-state index contributed by atoms with van der Waals surface area (Å²) >= 11 is 1.17. The van der Waals surface area contributed by atoms with Crippen molar-refractivity contribution in [2.75, 3.05) is 0 Å². The second-order valence-electron chi connectivity index (χ2n) is 6.84. The largest absolute Gasteiger partial charge is 0.269 e. The van der Waals surface area contributed by atoms with Gasteiger partial charge in [0.1, 0.15) is 16.7 Å². The van der Waals surface area contributed by atoms with Gasteiger partial charge in [0, 0.05) is 29.0 Å². The van der Waals surface area contributed by atoms with Crippen LogP contribution in [-0.4, -0.2) is 23.3 Å². The molecule has 0 aliphatic rings. The van der Waals surface area contributed by atoms with Gasteiger partial charge >= 0.3 is 0 Å². The molecule has 29 heavy (non-hydrogen) atoms. The highest BCUT2D eigenvalue weighted by Gasteiger charge is 2.13. The molecule has 0 spiro atoms. The van der Waals surface area contributed by atoms with Gasteiger partial charge in [-0.05, 0) is 67.8 Å². The molecule has 0 bridgehead atoms. The lowest BCUT2D eigenvalue weighted by molar-refractivity contribution is 0.786. The van der Waals surface area contributed by atoms with Crippen molar-refractivity contribution < 1.29 is 0 Å². The molecule has 0 saturated heterocycles. The number of fused-ring (bicyclic) bond motifs is 2. The van der Waals surface area contributed by atoms with Crippen LogP contribution in [0.5, 0.6) is 0 Å². The highest BCUT2D eigenvalue weighted by atomic mass is 32.1. The van der Waals surface area contributed by atoms with Crippen molar-refractivity contribution >= 4 is 33.8 Å². The van der Waals surface area contributed by atoms with E-state index in [4.69, 9.17) is 0 Å². The first-order chi connectivity index (χ1) is 14.3. The number of benzene rings is 1. The predicted molar refractivity (Wildman–Crippen MR) is 115 cm³/mol. The van der Waals surface area contributed by atoms with Crippen LogP contribution < -0.4 is 5.56 Å². The Labute approximate surface area is 170 Å². The van der Waals surface area contributed by atoms with Crippen molar-refractivity contribution in [3.63, 3.8) is 0 Å². The van der Waals surface area contributed by atoms with Gasteiger partial charge in [-0.3, -0.25) is 14.3 Å². The Morgan fingerprint density at radius 1 is 0.862 bits per heavy atom. The van der Waals surface area contributed by atoms with Crippen LogP contribution in [0.2, 0.25) is 0 Å². The molecule has 0 aliphatic heterocycles. The van der Waals surface area contributed by atoms with E-state index in [-0.39, 0.29) is 5.56 Å². The summed E-state index contributed by atoms with van der Waals surface area (Å²) < 4.78 is 10.2. The Balaban J connectivity index is 1.57. The topological polar surface area (TPSA) is 73.6 Å². The first kappa shape index (κ1) is 17.6. The van der Waals surface area contributed by atoms with Gasteiger partial charge in [0.2, 0.25) is 0 Å². The van der Waals surface area contributed by atoms with Gasteiger partial charge < -0.3 is 0 Å². The third-order valence-corrected chi connectivity index (χ3v) is 5.49. The summed E-state index contributed by atoms with van der Waals surface area (Å²) in [5, 5.41) is 0.941. The molecule has 142 valence electrons. The zero-order valence-electron chi connectivity index (χ0n) is 15.5. The molecule has 4 aromatic heterocycles. The summed E-state index contributed by atoms with van der Waals surface area (Å²) in [6.07, 6.45) is 5.88. The quantitative estimate of drug-likeness (QED) is 0.447. The molecule has 6 nitrogen and oxygen atoms in total. The van der Waals surface area contributed by atoms with E-state index in [9.17, 15) is 4.79 Å². The molecule has 5 aromatic rings. The maximum atomic E-state index is 13.4. The second kappa shape index (κ2) is 7.52. The summed E-state index contributed by atoms with van der Waals surface area (Å²) in [5.41, 5.74) is 4.79. The smallest absolute Gasteiger partial charge is 0.259 e. The van der Waals surface area contributed by atoms with Crippen LogP contribution in [0.4, 0.5) is 0 Å². The van der Waals surface area contributed by atoms with E-state index in [1.165, 1.54) is 11.7 Å². The lowest BCUT2D eigenvalue weighted by atomic mass is 10.1. The van der Waals surface area contributed by atoms with E-state index in [2.05, 4.69) is 18.7 Å². The van der Waals surface area contributed by atoms with Crippen LogP contribution in [0.3, 0.4) is 0 Å². The number of hydrogen-bond donors (Lipinski definition) is 0. The van der Waals surface area contributed by atoms with E-state index < -0.39 is 0 Å². The molecule has 0 N–H and O–H groups in total. The molecule has 4 heterocycles. The molecular weight excluding hydrogens is 382 g/mol. The van der Waals surface area contributed by atoms with Crippen LogP contribution in [0, 0.1) is 0 Å². The van der Waals surface area contributed by atoms with Crippen LogP contribution in [-0.2, 0) is 12.8 Å². The van der Waals surface area contributed by atoms with Crippen molar-refractivity contribution in [2.45, 2.75) is 19.3 Å². The van der Waals surface area contributed by atoms with E-state index in [0.29, 0.717) is 12.1 Å². The van der Waals surface area contributed by atoms with Gasteiger partial charge in [0.25, 0.3) is 5.56 Å². The first-order valence-electron chi connectivity index (χ1n) is 9.42. The van der Waals surface area contributed by atoms with Crippen molar-refractivity contribution in [3.8, 4) is 5.69 Å². The first-order valence-corrected chi connectivity index (χ1v) is 10.1. The van der Waals surface area contributed by atoms with Crippen molar-refractivity contribution in [3.05, 3.63) is 88.6 Å². The maximum absolute atomic E-state index is 13.4. The Morgan fingerprint density at radius 2 is 1.76 bits per heavy atom. The van der Waals surface area contributed by atoms with Crippen LogP contribution >= 0.6 is 11.7 Å². The van der Waals surface area contributed by atoms with Gasteiger partial charge in [0.05, 0.1) is 17.4 Å². The lowest BCUT2D eigenvalue weighted by Gasteiger charge is -2.12. The lowest BCUT2D eigenvalue weighted by Crippen LogP contribution is -2.23. The zero-order valence-corrected chi connectivity index (χ0v) is 16.3. The van der Waals surface area contributed by atoms with Crippen LogP contribution in [0.25, 0.3) is 27.8 Å². The molecule has 0 unspecified atom stereocenters. The third-order valence-electron chi connectivity index (χ3n) is 4.94. The maximum Gasteiger partial charge on any atom is 0.259 e. The number of aromatic nitrogens is 5. The Morgan fingerprint density at radius 3 is 2.66 bits per heavy atom. The summed E-state index contributed by atoms with van der Waals surface area (Å²) in [6, 6.07) is 17.4.